The Hall–Kier alpha value is -0.940. The minimum Gasteiger partial charge on any atom is -0.466 e. The Morgan fingerprint density at radius 1 is 1.58 bits per heavy atom. The summed E-state index contributed by atoms with van der Waals surface area (Å²) in [4.78, 5) is 16.9. The molecule has 0 aliphatic carbocycles. The minimum absolute atomic E-state index is 0.0604. The van der Waals surface area contributed by atoms with E-state index in [0.717, 1.165) is 32.3 Å². The highest BCUT2D eigenvalue weighted by molar-refractivity contribution is 7.09. The van der Waals surface area contributed by atoms with Gasteiger partial charge in [-0.05, 0) is 31.6 Å². The largest absolute Gasteiger partial charge is 0.466 e. The predicted octanol–water partition coefficient (Wildman–Crippen LogP) is 2.82. The van der Waals surface area contributed by atoms with Crippen LogP contribution in [0.4, 0.5) is 0 Å². The van der Waals surface area contributed by atoms with E-state index >= 15 is 0 Å². The summed E-state index contributed by atoms with van der Waals surface area (Å²) in [5.74, 6) is 0.482. The van der Waals surface area contributed by atoms with Gasteiger partial charge < -0.3 is 9.47 Å². The van der Waals surface area contributed by atoms with Gasteiger partial charge in [0, 0.05) is 17.7 Å². The van der Waals surface area contributed by atoms with Gasteiger partial charge in [-0.2, -0.15) is 0 Å². The number of ether oxygens (including phenoxy) is 2. The molecule has 0 N–H and O–H groups in total. The standard InChI is InChI=1S/C14H21NO3S/c1-11-4-5-12(18-9-11)7-14(16)17-6-2-3-13-8-15-10-19-13/h8,10-12H,2-7,9H2,1H3/t11-,12+/m1/s1. The number of esters is 1. The third kappa shape index (κ3) is 5.28. The van der Waals surface area contributed by atoms with Gasteiger partial charge in [0.15, 0.2) is 0 Å². The smallest absolute Gasteiger partial charge is 0.308 e. The highest BCUT2D eigenvalue weighted by atomic mass is 32.1. The van der Waals surface area contributed by atoms with E-state index in [1.54, 1.807) is 11.3 Å². The lowest BCUT2D eigenvalue weighted by Gasteiger charge is -2.26. The molecule has 4 nitrogen and oxygen atoms in total. The summed E-state index contributed by atoms with van der Waals surface area (Å²) in [6, 6.07) is 0. The number of aryl methyl sites for hydroxylation is 1. The van der Waals surface area contributed by atoms with Crippen molar-refractivity contribution in [3.05, 3.63) is 16.6 Å². The topological polar surface area (TPSA) is 48.4 Å². The van der Waals surface area contributed by atoms with Gasteiger partial charge in [-0.15, -0.1) is 11.3 Å². The fourth-order valence-corrected chi connectivity index (χ4v) is 2.78. The SMILES string of the molecule is C[C@@H]1CC[C@@H](CC(=O)OCCCc2cncs2)OC1. The molecule has 1 fully saturated rings. The van der Waals surface area contributed by atoms with Gasteiger partial charge in [-0.25, -0.2) is 0 Å². The number of rotatable bonds is 6. The van der Waals surface area contributed by atoms with Crippen molar-refractivity contribution >= 4 is 17.3 Å². The third-order valence-corrected chi connectivity index (χ3v) is 4.15. The van der Waals surface area contributed by atoms with E-state index in [2.05, 4.69) is 11.9 Å². The normalized spacial score (nSPS) is 23.2. The summed E-state index contributed by atoms with van der Waals surface area (Å²) >= 11 is 1.64. The van der Waals surface area contributed by atoms with Crippen molar-refractivity contribution < 1.29 is 14.3 Å². The molecule has 0 aromatic carbocycles. The van der Waals surface area contributed by atoms with Crippen molar-refractivity contribution in [2.75, 3.05) is 13.2 Å². The third-order valence-electron chi connectivity index (χ3n) is 3.31. The summed E-state index contributed by atoms with van der Waals surface area (Å²) in [5, 5.41) is 0. The van der Waals surface area contributed by atoms with Crippen LogP contribution in [0.3, 0.4) is 0 Å². The van der Waals surface area contributed by atoms with E-state index in [1.165, 1.54) is 4.88 Å². The number of hydrogen-bond acceptors (Lipinski definition) is 5. The summed E-state index contributed by atoms with van der Waals surface area (Å²) in [6.45, 7) is 3.43. The van der Waals surface area contributed by atoms with Crippen LogP contribution in [-0.2, 0) is 20.7 Å². The molecule has 0 spiro atoms. The number of carbonyl (C=O) groups is 1. The van der Waals surface area contributed by atoms with Crippen LogP contribution in [0.25, 0.3) is 0 Å². The van der Waals surface area contributed by atoms with Crippen molar-refractivity contribution in [2.45, 2.75) is 45.1 Å². The monoisotopic (exact) mass is 283 g/mol. The highest BCUT2D eigenvalue weighted by Crippen LogP contribution is 2.20. The van der Waals surface area contributed by atoms with Crippen LogP contribution in [0.2, 0.25) is 0 Å². The Balaban J connectivity index is 1.54. The molecule has 2 atom stereocenters. The maximum atomic E-state index is 11.6. The van der Waals surface area contributed by atoms with Crippen molar-refractivity contribution in [2.24, 2.45) is 5.92 Å². The lowest BCUT2D eigenvalue weighted by Crippen LogP contribution is -2.27. The molecule has 1 aromatic rings. The van der Waals surface area contributed by atoms with Crippen LogP contribution in [0.5, 0.6) is 0 Å². The second-order valence-electron chi connectivity index (χ2n) is 5.13. The number of hydrogen-bond donors (Lipinski definition) is 0. The van der Waals surface area contributed by atoms with Gasteiger partial charge in [-0.1, -0.05) is 6.92 Å². The lowest BCUT2D eigenvalue weighted by atomic mass is 9.99. The molecule has 5 heteroatoms. The van der Waals surface area contributed by atoms with Crippen molar-refractivity contribution in [3.8, 4) is 0 Å². The Morgan fingerprint density at radius 2 is 2.47 bits per heavy atom. The summed E-state index contributed by atoms with van der Waals surface area (Å²) in [6.07, 6.45) is 6.22. The molecule has 2 heterocycles. The molecule has 1 aromatic heterocycles. The van der Waals surface area contributed by atoms with Crippen molar-refractivity contribution in [3.63, 3.8) is 0 Å². The molecule has 2 rings (SSSR count). The molecule has 0 saturated carbocycles. The first kappa shape index (κ1) is 14.5. The number of thiazole rings is 1. The zero-order chi connectivity index (χ0) is 13.5. The zero-order valence-electron chi connectivity index (χ0n) is 11.3. The van der Waals surface area contributed by atoms with Gasteiger partial charge in [-0.3, -0.25) is 9.78 Å². The van der Waals surface area contributed by atoms with Gasteiger partial charge in [0.2, 0.25) is 0 Å². The first-order valence-electron chi connectivity index (χ1n) is 6.88. The fourth-order valence-electron chi connectivity index (χ4n) is 2.14. The van der Waals surface area contributed by atoms with Crippen LogP contribution < -0.4 is 0 Å². The fraction of sp³-hybridized carbons (Fsp3) is 0.714. The number of nitrogens with zero attached hydrogens (tertiary/aromatic N) is 1. The molecular formula is C14H21NO3S. The lowest BCUT2D eigenvalue weighted by molar-refractivity contribution is -0.148. The highest BCUT2D eigenvalue weighted by Gasteiger charge is 2.21. The molecule has 1 aliphatic heterocycles. The van der Waals surface area contributed by atoms with Crippen molar-refractivity contribution in [1.29, 1.82) is 0 Å². The molecule has 1 saturated heterocycles. The van der Waals surface area contributed by atoms with Crippen LogP contribution in [0.15, 0.2) is 11.7 Å². The van der Waals surface area contributed by atoms with E-state index in [0.29, 0.717) is 18.9 Å². The summed E-state index contributed by atoms with van der Waals surface area (Å²) < 4.78 is 10.9. The first-order chi connectivity index (χ1) is 9.24. The maximum Gasteiger partial charge on any atom is 0.308 e. The number of aromatic nitrogens is 1. The van der Waals surface area contributed by atoms with Crippen molar-refractivity contribution in [1.82, 2.24) is 4.98 Å². The Morgan fingerprint density at radius 3 is 3.16 bits per heavy atom. The molecule has 0 radical (unpaired) electrons. The minimum atomic E-state index is -0.135. The Kier molecular flexibility index (Phi) is 5.79. The molecule has 0 amide bonds. The first-order valence-corrected chi connectivity index (χ1v) is 7.76. The molecular weight excluding hydrogens is 262 g/mol. The van der Waals surface area contributed by atoms with E-state index in [-0.39, 0.29) is 12.1 Å². The van der Waals surface area contributed by atoms with Crippen LogP contribution in [0, 0.1) is 5.92 Å². The van der Waals surface area contributed by atoms with Gasteiger partial charge in [0.25, 0.3) is 0 Å². The van der Waals surface area contributed by atoms with Gasteiger partial charge in [0.1, 0.15) is 0 Å². The molecule has 19 heavy (non-hydrogen) atoms. The molecule has 0 bridgehead atoms. The number of carbonyl (C=O) groups excluding carboxylic acids is 1. The maximum absolute atomic E-state index is 11.6. The van der Waals surface area contributed by atoms with Gasteiger partial charge in [0.05, 0.1) is 24.6 Å². The molecule has 0 unspecified atom stereocenters. The molecule has 106 valence electrons. The molecule has 1 aliphatic rings. The summed E-state index contributed by atoms with van der Waals surface area (Å²) in [7, 11) is 0. The van der Waals surface area contributed by atoms with E-state index in [4.69, 9.17) is 9.47 Å². The van der Waals surface area contributed by atoms with Crippen LogP contribution >= 0.6 is 11.3 Å². The predicted molar refractivity (Wildman–Crippen MR) is 74.1 cm³/mol. The average molecular weight is 283 g/mol. The summed E-state index contributed by atoms with van der Waals surface area (Å²) in [5.41, 5.74) is 1.82. The Bertz CT molecular complexity index is 372. The van der Waals surface area contributed by atoms with Crippen LogP contribution in [0.1, 0.15) is 37.5 Å². The average Bonchev–Trinajstić information content (AvgIpc) is 2.91. The zero-order valence-corrected chi connectivity index (χ0v) is 12.2. The second kappa shape index (κ2) is 7.60. The second-order valence-corrected chi connectivity index (χ2v) is 6.10. The van der Waals surface area contributed by atoms with Crippen LogP contribution in [-0.4, -0.2) is 30.3 Å². The van der Waals surface area contributed by atoms with E-state index < -0.39 is 0 Å². The Labute approximate surface area is 118 Å². The van der Waals surface area contributed by atoms with E-state index in [1.807, 2.05) is 11.7 Å². The van der Waals surface area contributed by atoms with E-state index in [9.17, 15) is 4.79 Å². The van der Waals surface area contributed by atoms with Gasteiger partial charge >= 0.3 is 5.97 Å². The quantitative estimate of drug-likeness (QED) is 0.595.